The largest absolute Gasteiger partial charge is 0.325 e. The maximum atomic E-state index is 13.0. The number of carbonyl (C=O) groups excluding carboxylic acids is 1. The molecule has 0 spiro atoms. The predicted octanol–water partition coefficient (Wildman–Crippen LogP) is 4.92. The van der Waals surface area contributed by atoms with Crippen LogP contribution in [0.4, 0.5) is 5.82 Å². The highest BCUT2D eigenvalue weighted by molar-refractivity contribution is 7.10. The lowest BCUT2D eigenvalue weighted by molar-refractivity contribution is -0.117. The highest BCUT2D eigenvalue weighted by Crippen LogP contribution is 2.34. The third-order valence-corrected chi connectivity index (χ3v) is 7.51. The van der Waals surface area contributed by atoms with E-state index in [1.54, 1.807) is 22.7 Å². The Balaban J connectivity index is 1.54. The summed E-state index contributed by atoms with van der Waals surface area (Å²) >= 11 is 3.43. The maximum absolute atomic E-state index is 13.0. The Kier molecular flexibility index (Phi) is 5.86. The van der Waals surface area contributed by atoms with Gasteiger partial charge in [-0.05, 0) is 61.7 Å². The van der Waals surface area contributed by atoms with Gasteiger partial charge in [0.25, 0.3) is 0 Å². The number of carbonyl (C=O) groups is 1. The van der Waals surface area contributed by atoms with Crippen molar-refractivity contribution in [2.24, 2.45) is 0 Å². The summed E-state index contributed by atoms with van der Waals surface area (Å²) in [7, 11) is 0. The number of hydrogen-bond acceptors (Lipinski definition) is 5. The van der Waals surface area contributed by atoms with Crippen LogP contribution in [0.25, 0.3) is 0 Å². The second kappa shape index (κ2) is 8.54. The lowest BCUT2D eigenvalue weighted by Crippen LogP contribution is -2.33. The Morgan fingerprint density at radius 1 is 1.28 bits per heavy atom. The molecule has 0 radical (unpaired) electrons. The van der Waals surface area contributed by atoms with Gasteiger partial charge in [0.1, 0.15) is 11.9 Å². The number of hydrogen-bond donors (Lipinski definition) is 1. The van der Waals surface area contributed by atoms with Crippen LogP contribution in [0.2, 0.25) is 0 Å². The van der Waals surface area contributed by atoms with Crippen molar-refractivity contribution in [3.63, 3.8) is 0 Å². The van der Waals surface area contributed by atoms with E-state index < -0.39 is 0 Å². The van der Waals surface area contributed by atoms with Gasteiger partial charge in [0, 0.05) is 21.5 Å². The fraction of sp³-hybridized carbons (Fsp3) is 0.364. The van der Waals surface area contributed by atoms with Crippen molar-refractivity contribution >= 4 is 34.4 Å². The summed E-state index contributed by atoms with van der Waals surface area (Å²) in [6.07, 6.45) is 2.19. The van der Waals surface area contributed by atoms with E-state index in [0.29, 0.717) is 30.5 Å². The van der Waals surface area contributed by atoms with Gasteiger partial charge in [-0.2, -0.15) is 5.26 Å². The number of amides is 1. The van der Waals surface area contributed by atoms with Gasteiger partial charge < -0.3 is 9.88 Å². The fourth-order valence-electron chi connectivity index (χ4n) is 4.06. The van der Waals surface area contributed by atoms with E-state index in [-0.39, 0.29) is 5.91 Å². The Bertz CT molecular complexity index is 1030. The molecule has 1 amide bonds. The molecule has 1 aliphatic rings. The Hall–Kier alpha value is -2.40. The van der Waals surface area contributed by atoms with E-state index in [0.717, 1.165) is 30.6 Å². The molecule has 1 unspecified atom stereocenters. The fourth-order valence-corrected chi connectivity index (χ4v) is 5.65. The molecule has 29 heavy (non-hydrogen) atoms. The summed E-state index contributed by atoms with van der Waals surface area (Å²) in [5.74, 6) is 0.558. The molecule has 4 heterocycles. The van der Waals surface area contributed by atoms with Gasteiger partial charge in [0.2, 0.25) is 5.91 Å². The molecular weight excluding hydrogens is 400 g/mol. The topological polar surface area (TPSA) is 61.1 Å². The molecule has 0 aromatic carbocycles. The third kappa shape index (κ3) is 4.01. The number of anilines is 1. The van der Waals surface area contributed by atoms with Gasteiger partial charge in [-0.1, -0.05) is 12.1 Å². The molecule has 1 atom stereocenters. The molecule has 3 aromatic rings. The first-order valence-corrected chi connectivity index (χ1v) is 11.5. The van der Waals surface area contributed by atoms with Crippen LogP contribution in [0, 0.1) is 25.2 Å². The van der Waals surface area contributed by atoms with E-state index in [1.807, 2.05) is 25.3 Å². The average molecular weight is 425 g/mol. The van der Waals surface area contributed by atoms with Crippen molar-refractivity contribution in [1.82, 2.24) is 9.47 Å². The van der Waals surface area contributed by atoms with Crippen LogP contribution < -0.4 is 5.32 Å². The molecule has 3 aromatic heterocycles. The van der Waals surface area contributed by atoms with Crippen LogP contribution in [-0.4, -0.2) is 28.5 Å². The number of nitriles is 1. The van der Waals surface area contributed by atoms with Crippen LogP contribution >= 0.6 is 22.7 Å². The van der Waals surface area contributed by atoms with Crippen molar-refractivity contribution < 1.29 is 4.79 Å². The van der Waals surface area contributed by atoms with E-state index in [9.17, 15) is 10.1 Å². The molecule has 0 saturated carbocycles. The summed E-state index contributed by atoms with van der Waals surface area (Å²) in [4.78, 5) is 17.7. The van der Waals surface area contributed by atoms with Crippen molar-refractivity contribution in [3.05, 3.63) is 61.6 Å². The van der Waals surface area contributed by atoms with Crippen LogP contribution in [-0.2, 0) is 11.3 Å². The first-order valence-electron chi connectivity index (χ1n) is 9.78. The number of rotatable bonds is 6. The summed E-state index contributed by atoms with van der Waals surface area (Å²) in [6, 6.07) is 10.9. The lowest BCUT2D eigenvalue weighted by Gasteiger charge is -2.23. The van der Waals surface area contributed by atoms with Crippen molar-refractivity contribution in [2.45, 2.75) is 39.3 Å². The normalized spacial score (nSPS) is 16.8. The smallest absolute Gasteiger partial charge is 0.239 e. The van der Waals surface area contributed by atoms with E-state index in [1.165, 1.54) is 9.75 Å². The SMILES string of the molecule is Cc1c(C#N)c(NC(=O)CN2CCCC2c2cccs2)n(Cc2cccs2)c1C. The van der Waals surface area contributed by atoms with Crippen LogP contribution in [0.3, 0.4) is 0 Å². The molecular formula is C22H24N4OS2. The summed E-state index contributed by atoms with van der Waals surface area (Å²) in [5.41, 5.74) is 2.50. The monoisotopic (exact) mass is 424 g/mol. The Labute approximate surface area is 179 Å². The molecule has 150 valence electrons. The standard InChI is InChI=1S/C22H24N4OS2/c1-15-16(2)26(13-17-6-4-10-28-17)22(18(15)12-23)24-21(27)14-25-9-3-7-19(25)20-8-5-11-29-20/h4-6,8,10-11,19H,3,7,9,13-14H2,1-2H3,(H,24,27). The average Bonchev–Trinajstić information content (AvgIpc) is 3.48. The maximum Gasteiger partial charge on any atom is 0.239 e. The molecule has 7 heteroatoms. The van der Waals surface area contributed by atoms with Gasteiger partial charge in [0.05, 0.1) is 18.7 Å². The second-order valence-electron chi connectivity index (χ2n) is 7.40. The minimum absolute atomic E-state index is 0.0603. The van der Waals surface area contributed by atoms with Gasteiger partial charge in [0.15, 0.2) is 0 Å². The Morgan fingerprint density at radius 2 is 2.07 bits per heavy atom. The lowest BCUT2D eigenvalue weighted by atomic mass is 10.2. The molecule has 1 saturated heterocycles. The molecule has 5 nitrogen and oxygen atoms in total. The molecule has 1 N–H and O–H groups in total. The minimum atomic E-state index is -0.0603. The van der Waals surface area contributed by atoms with Gasteiger partial charge >= 0.3 is 0 Å². The van der Waals surface area contributed by atoms with E-state index in [2.05, 4.69) is 44.4 Å². The number of nitrogens with one attached hydrogen (secondary N) is 1. The number of aromatic nitrogens is 1. The summed E-state index contributed by atoms with van der Waals surface area (Å²) in [6.45, 7) is 5.88. The van der Waals surface area contributed by atoms with E-state index >= 15 is 0 Å². The van der Waals surface area contributed by atoms with E-state index in [4.69, 9.17) is 0 Å². The van der Waals surface area contributed by atoms with Crippen molar-refractivity contribution in [1.29, 1.82) is 5.26 Å². The third-order valence-electron chi connectivity index (χ3n) is 5.67. The molecule has 4 rings (SSSR count). The Morgan fingerprint density at radius 3 is 2.76 bits per heavy atom. The van der Waals surface area contributed by atoms with Crippen LogP contribution in [0.5, 0.6) is 0 Å². The quantitative estimate of drug-likeness (QED) is 0.611. The van der Waals surface area contributed by atoms with Crippen molar-refractivity contribution in [2.75, 3.05) is 18.4 Å². The van der Waals surface area contributed by atoms with Gasteiger partial charge in [-0.25, -0.2) is 0 Å². The van der Waals surface area contributed by atoms with Gasteiger partial charge in [-0.3, -0.25) is 9.69 Å². The zero-order chi connectivity index (χ0) is 20.4. The summed E-state index contributed by atoms with van der Waals surface area (Å²) in [5, 5.41) is 16.9. The second-order valence-corrected chi connectivity index (χ2v) is 9.41. The molecule has 0 bridgehead atoms. The first kappa shape index (κ1) is 19.9. The van der Waals surface area contributed by atoms with Crippen LogP contribution in [0.1, 0.15) is 45.5 Å². The molecule has 1 fully saturated rings. The zero-order valence-corrected chi connectivity index (χ0v) is 18.3. The number of thiophene rings is 2. The highest BCUT2D eigenvalue weighted by Gasteiger charge is 2.29. The highest BCUT2D eigenvalue weighted by atomic mass is 32.1. The molecule has 0 aliphatic carbocycles. The number of nitrogens with zero attached hydrogens (tertiary/aromatic N) is 3. The molecule has 1 aliphatic heterocycles. The number of likely N-dealkylation sites (tertiary alicyclic amines) is 1. The van der Waals surface area contributed by atoms with Crippen LogP contribution in [0.15, 0.2) is 35.0 Å². The minimum Gasteiger partial charge on any atom is -0.325 e. The van der Waals surface area contributed by atoms with Crippen molar-refractivity contribution in [3.8, 4) is 6.07 Å². The first-order chi connectivity index (χ1) is 14.1. The zero-order valence-electron chi connectivity index (χ0n) is 16.6. The van der Waals surface area contributed by atoms with Gasteiger partial charge in [-0.15, -0.1) is 22.7 Å². The predicted molar refractivity (Wildman–Crippen MR) is 119 cm³/mol. The summed E-state index contributed by atoms with van der Waals surface area (Å²) < 4.78 is 2.05.